The van der Waals surface area contributed by atoms with Crippen LogP contribution in [0.3, 0.4) is 0 Å². The summed E-state index contributed by atoms with van der Waals surface area (Å²) >= 11 is 0. The summed E-state index contributed by atoms with van der Waals surface area (Å²) in [6.07, 6.45) is 0. The van der Waals surface area contributed by atoms with E-state index in [0.717, 1.165) is 5.56 Å². The predicted octanol–water partition coefficient (Wildman–Crippen LogP) is 1.43. The van der Waals surface area contributed by atoms with Crippen molar-refractivity contribution >= 4 is 22.4 Å². The number of rotatable bonds is 6. The van der Waals surface area contributed by atoms with Crippen LogP contribution in [0.5, 0.6) is 0 Å². The summed E-state index contributed by atoms with van der Waals surface area (Å²) in [5.74, 6) is 1.06. The van der Waals surface area contributed by atoms with Crippen LogP contribution in [-0.4, -0.2) is 28.2 Å². The summed E-state index contributed by atoms with van der Waals surface area (Å²) in [6, 6.07) is 7.30. The SMILES string of the molecule is CCS(=O)CCNC(=O)C(C)(C)c1ccc(N)cc1. The Morgan fingerprint density at radius 3 is 2.42 bits per heavy atom. The minimum atomic E-state index is -0.849. The van der Waals surface area contributed by atoms with Gasteiger partial charge in [0.2, 0.25) is 5.91 Å². The van der Waals surface area contributed by atoms with E-state index in [1.165, 1.54) is 0 Å². The molecule has 0 fully saturated rings. The molecule has 4 nitrogen and oxygen atoms in total. The van der Waals surface area contributed by atoms with Crippen LogP contribution in [0.4, 0.5) is 5.69 Å². The fraction of sp³-hybridized carbons (Fsp3) is 0.500. The van der Waals surface area contributed by atoms with E-state index in [-0.39, 0.29) is 5.91 Å². The van der Waals surface area contributed by atoms with Crippen LogP contribution in [0.1, 0.15) is 26.3 Å². The van der Waals surface area contributed by atoms with Gasteiger partial charge in [0, 0.05) is 34.5 Å². The normalized spacial score (nSPS) is 13.0. The van der Waals surface area contributed by atoms with Gasteiger partial charge >= 0.3 is 0 Å². The Labute approximate surface area is 117 Å². The first-order chi connectivity index (χ1) is 8.87. The summed E-state index contributed by atoms with van der Waals surface area (Å²) < 4.78 is 11.3. The van der Waals surface area contributed by atoms with E-state index in [1.54, 1.807) is 12.1 Å². The first kappa shape index (κ1) is 15.7. The van der Waals surface area contributed by atoms with Gasteiger partial charge in [0.05, 0.1) is 5.41 Å². The van der Waals surface area contributed by atoms with Crippen molar-refractivity contribution in [1.29, 1.82) is 0 Å². The van der Waals surface area contributed by atoms with Gasteiger partial charge in [-0.2, -0.15) is 0 Å². The van der Waals surface area contributed by atoms with Crippen LogP contribution in [0.15, 0.2) is 24.3 Å². The van der Waals surface area contributed by atoms with Gasteiger partial charge in [-0.25, -0.2) is 0 Å². The molecule has 106 valence electrons. The molecule has 1 aromatic carbocycles. The standard InChI is InChI=1S/C14H22N2O2S/c1-4-19(18)10-9-16-13(17)14(2,3)11-5-7-12(15)8-6-11/h5-8H,4,9-10,15H2,1-3H3,(H,16,17). The molecule has 1 atom stereocenters. The molecule has 0 bridgehead atoms. The topological polar surface area (TPSA) is 72.2 Å². The van der Waals surface area contributed by atoms with Gasteiger partial charge in [-0.1, -0.05) is 19.1 Å². The van der Waals surface area contributed by atoms with Crippen LogP contribution >= 0.6 is 0 Å². The van der Waals surface area contributed by atoms with Crippen LogP contribution in [-0.2, 0) is 21.0 Å². The molecule has 0 aliphatic heterocycles. The van der Waals surface area contributed by atoms with Crippen molar-refractivity contribution in [3.8, 4) is 0 Å². The van der Waals surface area contributed by atoms with Crippen molar-refractivity contribution in [2.45, 2.75) is 26.2 Å². The lowest BCUT2D eigenvalue weighted by Gasteiger charge is -2.24. The van der Waals surface area contributed by atoms with Crippen LogP contribution in [0.2, 0.25) is 0 Å². The number of carbonyl (C=O) groups excluding carboxylic acids is 1. The van der Waals surface area contributed by atoms with Crippen LogP contribution in [0.25, 0.3) is 0 Å². The first-order valence-corrected chi connectivity index (χ1v) is 7.86. The second-order valence-electron chi connectivity index (χ2n) is 4.94. The van der Waals surface area contributed by atoms with E-state index >= 15 is 0 Å². The zero-order valence-corrected chi connectivity index (χ0v) is 12.5. The molecule has 0 radical (unpaired) electrons. The number of nitrogens with one attached hydrogen (secondary N) is 1. The molecule has 0 aliphatic rings. The monoisotopic (exact) mass is 282 g/mol. The van der Waals surface area contributed by atoms with Crippen molar-refractivity contribution in [3.05, 3.63) is 29.8 Å². The van der Waals surface area contributed by atoms with E-state index < -0.39 is 16.2 Å². The molecule has 3 N–H and O–H groups in total. The smallest absolute Gasteiger partial charge is 0.230 e. The van der Waals surface area contributed by atoms with Gasteiger partial charge in [-0.3, -0.25) is 9.00 Å². The molecule has 0 heterocycles. The number of hydrogen-bond donors (Lipinski definition) is 2. The fourth-order valence-corrected chi connectivity index (χ4v) is 2.29. The number of nitrogen functional groups attached to an aromatic ring is 1. The van der Waals surface area contributed by atoms with Crippen LogP contribution in [0, 0.1) is 0 Å². The zero-order valence-electron chi connectivity index (χ0n) is 11.7. The molecule has 0 aromatic heterocycles. The minimum absolute atomic E-state index is 0.0645. The van der Waals surface area contributed by atoms with E-state index in [4.69, 9.17) is 5.73 Å². The molecular formula is C14H22N2O2S. The van der Waals surface area contributed by atoms with E-state index in [0.29, 0.717) is 23.7 Å². The number of carbonyl (C=O) groups is 1. The summed E-state index contributed by atoms with van der Waals surface area (Å²) in [4.78, 5) is 12.2. The number of nitrogens with two attached hydrogens (primary N) is 1. The molecule has 19 heavy (non-hydrogen) atoms. The fourth-order valence-electron chi connectivity index (χ4n) is 1.67. The summed E-state index contributed by atoms with van der Waals surface area (Å²) in [5, 5.41) is 2.84. The number of anilines is 1. The summed E-state index contributed by atoms with van der Waals surface area (Å²) in [5.41, 5.74) is 6.61. The Kier molecular flexibility index (Phi) is 5.54. The number of hydrogen-bond acceptors (Lipinski definition) is 3. The lowest BCUT2D eigenvalue weighted by molar-refractivity contribution is -0.125. The van der Waals surface area contributed by atoms with Gasteiger partial charge in [0.25, 0.3) is 0 Å². The highest BCUT2D eigenvalue weighted by Crippen LogP contribution is 2.24. The Hall–Kier alpha value is -1.36. The third-order valence-electron chi connectivity index (χ3n) is 3.14. The molecule has 0 spiro atoms. The Morgan fingerprint density at radius 2 is 1.89 bits per heavy atom. The molecule has 0 saturated carbocycles. The van der Waals surface area contributed by atoms with E-state index in [9.17, 15) is 9.00 Å². The highest BCUT2D eigenvalue weighted by molar-refractivity contribution is 7.84. The molecule has 0 saturated heterocycles. The van der Waals surface area contributed by atoms with E-state index in [2.05, 4.69) is 5.32 Å². The van der Waals surface area contributed by atoms with Crippen molar-refractivity contribution in [2.75, 3.05) is 23.8 Å². The van der Waals surface area contributed by atoms with Crippen molar-refractivity contribution in [2.24, 2.45) is 0 Å². The lowest BCUT2D eigenvalue weighted by Crippen LogP contribution is -2.41. The van der Waals surface area contributed by atoms with Gasteiger partial charge in [0.1, 0.15) is 0 Å². The predicted molar refractivity (Wildman–Crippen MR) is 80.4 cm³/mol. The maximum Gasteiger partial charge on any atom is 0.230 e. The maximum absolute atomic E-state index is 12.2. The Balaban J connectivity index is 2.63. The molecule has 1 amide bonds. The lowest BCUT2D eigenvalue weighted by atomic mass is 9.83. The van der Waals surface area contributed by atoms with Crippen LogP contribution < -0.4 is 11.1 Å². The molecule has 0 aliphatic carbocycles. The Morgan fingerprint density at radius 1 is 1.32 bits per heavy atom. The molecule has 1 rings (SSSR count). The molecular weight excluding hydrogens is 260 g/mol. The first-order valence-electron chi connectivity index (χ1n) is 6.37. The third kappa shape index (κ3) is 4.35. The van der Waals surface area contributed by atoms with Gasteiger partial charge in [0.15, 0.2) is 0 Å². The average molecular weight is 282 g/mol. The molecule has 5 heteroatoms. The highest BCUT2D eigenvalue weighted by atomic mass is 32.2. The Bertz CT molecular complexity index is 455. The zero-order chi connectivity index (χ0) is 14.5. The summed E-state index contributed by atoms with van der Waals surface area (Å²) in [7, 11) is -0.849. The van der Waals surface area contributed by atoms with E-state index in [1.807, 2.05) is 32.9 Å². The van der Waals surface area contributed by atoms with Crippen molar-refractivity contribution < 1.29 is 9.00 Å². The molecule has 1 aromatic rings. The second-order valence-corrected chi connectivity index (χ2v) is 6.80. The highest BCUT2D eigenvalue weighted by Gasteiger charge is 2.29. The van der Waals surface area contributed by atoms with Crippen molar-refractivity contribution in [3.63, 3.8) is 0 Å². The minimum Gasteiger partial charge on any atom is -0.399 e. The third-order valence-corrected chi connectivity index (χ3v) is 4.44. The van der Waals surface area contributed by atoms with Gasteiger partial charge in [-0.05, 0) is 31.5 Å². The molecule has 1 unspecified atom stereocenters. The number of amides is 1. The van der Waals surface area contributed by atoms with Gasteiger partial charge in [-0.15, -0.1) is 0 Å². The second kappa shape index (κ2) is 6.70. The maximum atomic E-state index is 12.2. The summed E-state index contributed by atoms with van der Waals surface area (Å²) in [6.45, 7) is 6.04. The van der Waals surface area contributed by atoms with Gasteiger partial charge < -0.3 is 11.1 Å². The largest absolute Gasteiger partial charge is 0.399 e. The van der Waals surface area contributed by atoms with Crippen molar-refractivity contribution in [1.82, 2.24) is 5.32 Å². The quantitative estimate of drug-likeness (QED) is 0.775. The average Bonchev–Trinajstić information content (AvgIpc) is 2.38. The number of benzene rings is 1.